The molecule has 7 heteroatoms. The molecule has 0 saturated carbocycles. The van der Waals surface area contributed by atoms with Gasteiger partial charge in [-0.15, -0.1) is 0 Å². The van der Waals surface area contributed by atoms with E-state index >= 15 is 0 Å². The average Bonchev–Trinajstić information content (AvgIpc) is 2.55. The van der Waals surface area contributed by atoms with Crippen molar-refractivity contribution in [1.29, 1.82) is 0 Å². The molecule has 0 atom stereocenters. The highest BCUT2D eigenvalue weighted by molar-refractivity contribution is 7.92. The molecule has 122 valence electrons. The summed E-state index contributed by atoms with van der Waals surface area (Å²) in [4.78, 5) is 12.0. The van der Waals surface area contributed by atoms with Crippen molar-refractivity contribution in [2.24, 2.45) is 0 Å². The van der Waals surface area contributed by atoms with E-state index in [0.29, 0.717) is 12.1 Å². The zero-order valence-electron chi connectivity index (χ0n) is 12.5. The smallest absolute Gasteiger partial charge is 0.261 e. The molecule has 0 aromatic heterocycles. The molecular formula is C16H17ClN2O3S. The number of carbonyl (C=O) groups excluding carboxylic acids is 1. The van der Waals surface area contributed by atoms with Gasteiger partial charge in [-0.2, -0.15) is 0 Å². The SMILES string of the molecule is CCCNC(=O)c1ccc(NS(=O)(=O)c2ccccc2)c(Cl)c1. The Balaban J connectivity index is 2.20. The molecule has 2 rings (SSSR count). The highest BCUT2D eigenvalue weighted by Crippen LogP contribution is 2.25. The third-order valence-electron chi connectivity index (χ3n) is 3.06. The maximum absolute atomic E-state index is 12.3. The van der Waals surface area contributed by atoms with Crippen LogP contribution in [0.25, 0.3) is 0 Å². The molecule has 0 aliphatic heterocycles. The number of halogens is 1. The Labute approximate surface area is 140 Å². The Bertz CT molecular complexity index is 792. The van der Waals surface area contributed by atoms with Crippen LogP contribution in [0.4, 0.5) is 5.69 Å². The highest BCUT2D eigenvalue weighted by atomic mass is 35.5. The molecule has 0 saturated heterocycles. The van der Waals surface area contributed by atoms with Crippen LogP contribution in [0.15, 0.2) is 53.4 Å². The minimum absolute atomic E-state index is 0.140. The van der Waals surface area contributed by atoms with Gasteiger partial charge in [0, 0.05) is 12.1 Å². The highest BCUT2D eigenvalue weighted by Gasteiger charge is 2.16. The summed E-state index contributed by atoms with van der Waals surface area (Å²) in [5, 5.41) is 2.89. The zero-order valence-corrected chi connectivity index (χ0v) is 14.1. The molecule has 2 N–H and O–H groups in total. The van der Waals surface area contributed by atoms with Crippen LogP contribution < -0.4 is 10.0 Å². The minimum Gasteiger partial charge on any atom is -0.352 e. The van der Waals surface area contributed by atoms with Crippen LogP contribution >= 0.6 is 11.6 Å². The van der Waals surface area contributed by atoms with Gasteiger partial charge in [0.1, 0.15) is 0 Å². The lowest BCUT2D eigenvalue weighted by atomic mass is 10.2. The summed E-state index contributed by atoms with van der Waals surface area (Å²) in [5.41, 5.74) is 0.605. The van der Waals surface area contributed by atoms with E-state index in [-0.39, 0.29) is 21.5 Å². The van der Waals surface area contributed by atoms with Crippen LogP contribution in [-0.4, -0.2) is 20.9 Å². The molecule has 0 unspecified atom stereocenters. The fraction of sp³-hybridized carbons (Fsp3) is 0.188. The molecule has 0 heterocycles. The Hall–Kier alpha value is -2.05. The lowest BCUT2D eigenvalue weighted by Gasteiger charge is -2.11. The number of nitrogens with one attached hydrogen (secondary N) is 2. The van der Waals surface area contributed by atoms with Gasteiger partial charge in [0.2, 0.25) is 0 Å². The van der Waals surface area contributed by atoms with Crippen molar-refractivity contribution < 1.29 is 13.2 Å². The second-order valence-electron chi connectivity index (χ2n) is 4.87. The maximum atomic E-state index is 12.3. The Morgan fingerprint density at radius 2 is 1.83 bits per heavy atom. The van der Waals surface area contributed by atoms with E-state index in [1.54, 1.807) is 18.2 Å². The fourth-order valence-electron chi connectivity index (χ4n) is 1.88. The minimum atomic E-state index is -3.72. The van der Waals surface area contributed by atoms with Gasteiger partial charge in [0.25, 0.3) is 15.9 Å². The van der Waals surface area contributed by atoms with E-state index < -0.39 is 10.0 Å². The van der Waals surface area contributed by atoms with Crippen LogP contribution in [0.3, 0.4) is 0 Å². The number of hydrogen-bond acceptors (Lipinski definition) is 3. The van der Waals surface area contributed by atoms with Gasteiger partial charge in [-0.1, -0.05) is 36.7 Å². The normalized spacial score (nSPS) is 11.0. The molecule has 5 nitrogen and oxygen atoms in total. The van der Waals surface area contributed by atoms with Gasteiger partial charge in [-0.25, -0.2) is 8.42 Å². The first-order chi connectivity index (χ1) is 10.9. The zero-order chi connectivity index (χ0) is 16.9. The first-order valence-corrected chi connectivity index (χ1v) is 8.96. The molecule has 0 spiro atoms. The van der Waals surface area contributed by atoms with Gasteiger partial charge >= 0.3 is 0 Å². The van der Waals surface area contributed by atoms with E-state index in [1.165, 1.54) is 30.3 Å². The molecule has 2 aromatic rings. The van der Waals surface area contributed by atoms with Crippen molar-refractivity contribution in [3.63, 3.8) is 0 Å². The average molecular weight is 353 g/mol. The summed E-state index contributed by atoms with van der Waals surface area (Å²) >= 11 is 6.09. The largest absolute Gasteiger partial charge is 0.352 e. The predicted octanol–water partition coefficient (Wildman–Crippen LogP) is 3.28. The van der Waals surface area contributed by atoms with E-state index in [0.717, 1.165) is 6.42 Å². The van der Waals surface area contributed by atoms with Crippen LogP contribution in [0.2, 0.25) is 5.02 Å². The standard InChI is InChI=1S/C16H17ClN2O3S/c1-2-10-18-16(20)12-8-9-15(14(17)11-12)19-23(21,22)13-6-4-3-5-7-13/h3-9,11,19H,2,10H2,1H3,(H,18,20). The van der Waals surface area contributed by atoms with Crippen LogP contribution in [0, 0.1) is 0 Å². The number of amides is 1. The quantitative estimate of drug-likeness (QED) is 0.837. The number of carbonyl (C=O) groups is 1. The van der Waals surface area contributed by atoms with E-state index in [2.05, 4.69) is 10.0 Å². The van der Waals surface area contributed by atoms with Crippen molar-refractivity contribution >= 4 is 33.2 Å². The Morgan fingerprint density at radius 3 is 2.43 bits per heavy atom. The molecule has 0 bridgehead atoms. The van der Waals surface area contributed by atoms with Gasteiger partial charge in [0.05, 0.1) is 15.6 Å². The molecule has 2 aromatic carbocycles. The van der Waals surface area contributed by atoms with Crippen molar-refractivity contribution in [2.75, 3.05) is 11.3 Å². The maximum Gasteiger partial charge on any atom is 0.261 e. The molecule has 1 amide bonds. The first-order valence-electron chi connectivity index (χ1n) is 7.09. The molecule has 0 fully saturated rings. The third kappa shape index (κ3) is 4.46. The number of benzene rings is 2. The molecule has 0 aliphatic carbocycles. The summed E-state index contributed by atoms with van der Waals surface area (Å²) in [6.45, 7) is 2.52. The second kappa shape index (κ2) is 7.48. The monoisotopic (exact) mass is 352 g/mol. The number of sulfonamides is 1. The first kappa shape index (κ1) is 17.3. The summed E-state index contributed by atoms with van der Waals surface area (Å²) < 4.78 is 27.0. The molecule has 23 heavy (non-hydrogen) atoms. The number of hydrogen-bond donors (Lipinski definition) is 2. The number of rotatable bonds is 6. The molecular weight excluding hydrogens is 336 g/mol. The van der Waals surface area contributed by atoms with Crippen molar-refractivity contribution in [3.8, 4) is 0 Å². The van der Waals surface area contributed by atoms with E-state index in [9.17, 15) is 13.2 Å². The summed E-state index contributed by atoms with van der Waals surface area (Å²) in [7, 11) is -3.72. The summed E-state index contributed by atoms with van der Waals surface area (Å²) in [6, 6.07) is 12.4. The Morgan fingerprint density at radius 1 is 1.13 bits per heavy atom. The third-order valence-corrected chi connectivity index (χ3v) is 4.76. The second-order valence-corrected chi connectivity index (χ2v) is 6.96. The van der Waals surface area contributed by atoms with Gasteiger partial charge in [-0.3, -0.25) is 9.52 Å². The van der Waals surface area contributed by atoms with Crippen molar-refractivity contribution in [3.05, 3.63) is 59.1 Å². The fourth-order valence-corrected chi connectivity index (χ4v) is 3.27. The van der Waals surface area contributed by atoms with Gasteiger partial charge in [-0.05, 0) is 36.8 Å². The van der Waals surface area contributed by atoms with Crippen LogP contribution in [-0.2, 0) is 10.0 Å². The topological polar surface area (TPSA) is 75.3 Å². The van der Waals surface area contributed by atoms with Crippen molar-refractivity contribution in [2.45, 2.75) is 18.2 Å². The van der Waals surface area contributed by atoms with Crippen LogP contribution in [0.5, 0.6) is 0 Å². The van der Waals surface area contributed by atoms with Gasteiger partial charge in [0.15, 0.2) is 0 Å². The lowest BCUT2D eigenvalue weighted by molar-refractivity contribution is 0.0953. The summed E-state index contributed by atoms with van der Waals surface area (Å²) in [6.07, 6.45) is 0.828. The predicted molar refractivity (Wildman–Crippen MR) is 91.3 cm³/mol. The van der Waals surface area contributed by atoms with E-state index in [1.807, 2.05) is 6.92 Å². The Kier molecular flexibility index (Phi) is 5.63. The van der Waals surface area contributed by atoms with Crippen molar-refractivity contribution in [1.82, 2.24) is 5.32 Å². The van der Waals surface area contributed by atoms with Gasteiger partial charge < -0.3 is 5.32 Å². The molecule has 0 radical (unpaired) electrons. The van der Waals surface area contributed by atoms with E-state index in [4.69, 9.17) is 11.6 Å². The lowest BCUT2D eigenvalue weighted by Crippen LogP contribution is -2.24. The van der Waals surface area contributed by atoms with Crippen LogP contribution in [0.1, 0.15) is 23.7 Å². The number of anilines is 1. The molecule has 0 aliphatic rings. The summed E-state index contributed by atoms with van der Waals surface area (Å²) in [5.74, 6) is -0.244.